The van der Waals surface area contributed by atoms with Crippen LogP contribution in [0.3, 0.4) is 0 Å². The zero-order valence-electron chi connectivity index (χ0n) is 14.7. The minimum absolute atomic E-state index is 0.196. The molecule has 1 saturated heterocycles. The van der Waals surface area contributed by atoms with Crippen molar-refractivity contribution >= 4 is 17.2 Å². The lowest BCUT2D eigenvalue weighted by Gasteiger charge is -2.18. The largest absolute Gasteiger partial charge is 0.493 e. The second kappa shape index (κ2) is 8.96. The second-order valence-electron chi connectivity index (χ2n) is 6.10. The van der Waals surface area contributed by atoms with Crippen LogP contribution in [-0.4, -0.2) is 31.4 Å². The van der Waals surface area contributed by atoms with E-state index in [1.165, 1.54) is 12.1 Å². The molecule has 3 rings (SSSR count). The molecule has 6 heteroatoms. The van der Waals surface area contributed by atoms with Crippen molar-refractivity contribution in [3.05, 3.63) is 59.4 Å². The molecule has 0 saturated carbocycles. The van der Waals surface area contributed by atoms with Gasteiger partial charge < -0.3 is 19.5 Å². The molecular formula is C20H22FNO3S. The number of para-hydroxylation sites is 1. The maximum atomic E-state index is 13.1. The molecule has 1 fully saturated rings. The highest BCUT2D eigenvalue weighted by atomic mass is 32.1. The molecule has 1 atom stereocenters. The van der Waals surface area contributed by atoms with Crippen molar-refractivity contribution in [3.63, 3.8) is 0 Å². The third-order valence-electron chi connectivity index (χ3n) is 4.25. The van der Waals surface area contributed by atoms with Gasteiger partial charge in [-0.1, -0.05) is 30.4 Å². The number of rotatable bonds is 7. The fourth-order valence-electron chi connectivity index (χ4n) is 2.85. The summed E-state index contributed by atoms with van der Waals surface area (Å²) >= 11 is 5.55. The molecule has 0 unspecified atom stereocenters. The van der Waals surface area contributed by atoms with E-state index in [0.29, 0.717) is 29.6 Å². The molecule has 0 bridgehead atoms. The summed E-state index contributed by atoms with van der Waals surface area (Å²) in [6.07, 6.45) is 2.33. The van der Waals surface area contributed by atoms with Crippen LogP contribution in [0, 0.1) is 5.82 Å². The van der Waals surface area contributed by atoms with Crippen LogP contribution in [0.25, 0.3) is 0 Å². The molecule has 1 heterocycles. The highest BCUT2D eigenvalue weighted by Crippen LogP contribution is 2.32. The van der Waals surface area contributed by atoms with Crippen molar-refractivity contribution in [1.82, 2.24) is 5.32 Å². The Hall–Kier alpha value is -2.18. The number of hydrogen-bond acceptors (Lipinski definition) is 4. The van der Waals surface area contributed by atoms with Crippen molar-refractivity contribution in [3.8, 4) is 11.5 Å². The van der Waals surface area contributed by atoms with E-state index in [4.69, 9.17) is 26.4 Å². The van der Waals surface area contributed by atoms with Gasteiger partial charge >= 0.3 is 0 Å². The number of ether oxygens (including phenoxy) is 3. The molecule has 1 N–H and O–H groups in total. The van der Waals surface area contributed by atoms with E-state index in [0.717, 1.165) is 30.6 Å². The Labute approximate surface area is 158 Å². The van der Waals surface area contributed by atoms with Crippen LogP contribution in [0.15, 0.2) is 42.5 Å². The topological polar surface area (TPSA) is 39.7 Å². The average molecular weight is 375 g/mol. The van der Waals surface area contributed by atoms with Crippen LogP contribution in [-0.2, 0) is 11.3 Å². The monoisotopic (exact) mass is 375 g/mol. The summed E-state index contributed by atoms with van der Waals surface area (Å²) in [6.45, 7) is 1.78. The fourth-order valence-corrected chi connectivity index (χ4v) is 3.09. The maximum absolute atomic E-state index is 13.1. The van der Waals surface area contributed by atoms with Crippen LogP contribution < -0.4 is 14.8 Å². The van der Waals surface area contributed by atoms with Gasteiger partial charge in [-0.15, -0.1) is 0 Å². The van der Waals surface area contributed by atoms with Crippen molar-refractivity contribution in [2.45, 2.75) is 25.6 Å². The Bertz CT molecular complexity index is 745. The summed E-state index contributed by atoms with van der Waals surface area (Å²) in [5.74, 6) is 0.904. The molecule has 0 aromatic heterocycles. The third kappa shape index (κ3) is 4.71. The Balaban J connectivity index is 1.72. The van der Waals surface area contributed by atoms with Gasteiger partial charge in [0.2, 0.25) is 0 Å². The second-order valence-corrected chi connectivity index (χ2v) is 6.51. The lowest BCUT2D eigenvalue weighted by molar-refractivity contribution is 0.114. The standard InChI is InChI=1S/C20H22FNO3S/c1-23-18-6-2-5-17(20(26)22-12-16-4-3-11-24-16)19(18)25-13-14-7-9-15(21)10-8-14/h2,5-10,16H,3-4,11-13H2,1H3,(H,22,26)/t16-/m1/s1. The van der Waals surface area contributed by atoms with Gasteiger partial charge in [-0.25, -0.2) is 4.39 Å². The fraction of sp³-hybridized carbons (Fsp3) is 0.350. The highest BCUT2D eigenvalue weighted by molar-refractivity contribution is 7.80. The number of nitrogens with one attached hydrogen (secondary N) is 1. The van der Waals surface area contributed by atoms with Crippen molar-refractivity contribution in [2.75, 3.05) is 20.3 Å². The van der Waals surface area contributed by atoms with Gasteiger partial charge in [0.15, 0.2) is 11.5 Å². The summed E-state index contributed by atoms with van der Waals surface area (Å²) in [5.41, 5.74) is 1.63. The SMILES string of the molecule is COc1cccc(C(=S)NC[C@H]2CCCO2)c1OCc1ccc(F)cc1. The summed E-state index contributed by atoms with van der Waals surface area (Å²) in [5, 5.41) is 3.26. The molecule has 0 amide bonds. The van der Waals surface area contributed by atoms with Gasteiger partial charge in [-0.05, 0) is 42.7 Å². The van der Waals surface area contributed by atoms with E-state index in [1.54, 1.807) is 19.2 Å². The number of hydrogen-bond donors (Lipinski definition) is 1. The minimum Gasteiger partial charge on any atom is -0.493 e. The molecule has 2 aromatic carbocycles. The predicted molar refractivity (Wildman–Crippen MR) is 102 cm³/mol. The van der Waals surface area contributed by atoms with Gasteiger partial charge in [0.25, 0.3) is 0 Å². The van der Waals surface area contributed by atoms with Crippen molar-refractivity contribution < 1.29 is 18.6 Å². The van der Waals surface area contributed by atoms with E-state index in [-0.39, 0.29) is 11.9 Å². The van der Waals surface area contributed by atoms with Crippen molar-refractivity contribution in [1.29, 1.82) is 0 Å². The molecular weight excluding hydrogens is 353 g/mol. The predicted octanol–water partition coefficient (Wildman–Crippen LogP) is 3.86. The summed E-state index contributed by atoms with van der Waals surface area (Å²) in [6, 6.07) is 11.8. The number of halogens is 1. The Kier molecular flexibility index (Phi) is 6.41. The lowest BCUT2D eigenvalue weighted by atomic mass is 10.1. The zero-order valence-corrected chi connectivity index (χ0v) is 15.5. The Morgan fingerprint density at radius 1 is 1.27 bits per heavy atom. The number of benzene rings is 2. The zero-order chi connectivity index (χ0) is 18.4. The maximum Gasteiger partial charge on any atom is 0.171 e. The van der Waals surface area contributed by atoms with Gasteiger partial charge in [0.1, 0.15) is 17.4 Å². The van der Waals surface area contributed by atoms with Crippen molar-refractivity contribution in [2.24, 2.45) is 0 Å². The van der Waals surface area contributed by atoms with Gasteiger partial charge in [-0.3, -0.25) is 0 Å². The first-order chi connectivity index (χ1) is 12.7. The van der Waals surface area contributed by atoms with Crippen LogP contribution >= 0.6 is 12.2 Å². The molecule has 1 aliphatic heterocycles. The molecule has 0 aliphatic carbocycles. The highest BCUT2D eigenvalue weighted by Gasteiger charge is 2.18. The van der Waals surface area contributed by atoms with Crippen LogP contribution in [0.2, 0.25) is 0 Å². The Morgan fingerprint density at radius 2 is 2.08 bits per heavy atom. The number of methoxy groups -OCH3 is 1. The summed E-state index contributed by atoms with van der Waals surface area (Å²) in [4.78, 5) is 0.591. The molecule has 1 aliphatic rings. The molecule has 0 radical (unpaired) electrons. The van der Waals surface area contributed by atoms with E-state index in [1.807, 2.05) is 18.2 Å². The lowest BCUT2D eigenvalue weighted by Crippen LogP contribution is -2.31. The van der Waals surface area contributed by atoms with Crippen LogP contribution in [0.1, 0.15) is 24.0 Å². The molecule has 26 heavy (non-hydrogen) atoms. The first-order valence-corrected chi connectivity index (χ1v) is 9.02. The average Bonchev–Trinajstić information content (AvgIpc) is 3.19. The molecule has 2 aromatic rings. The normalized spacial score (nSPS) is 16.3. The first-order valence-electron chi connectivity index (χ1n) is 8.61. The van der Waals surface area contributed by atoms with E-state index < -0.39 is 0 Å². The smallest absolute Gasteiger partial charge is 0.171 e. The van der Waals surface area contributed by atoms with Crippen LogP contribution in [0.5, 0.6) is 11.5 Å². The van der Waals surface area contributed by atoms with E-state index in [2.05, 4.69) is 5.32 Å². The summed E-state index contributed by atoms with van der Waals surface area (Å²) < 4.78 is 30.1. The van der Waals surface area contributed by atoms with Crippen LogP contribution in [0.4, 0.5) is 4.39 Å². The molecule has 138 valence electrons. The third-order valence-corrected chi connectivity index (χ3v) is 4.62. The number of thiocarbonyl (C=S) groups is 1. The van der Waals surface area contributed by atoms with Gasteiger partial charge in [0.05, 0.1) is 18.8 Å². The molecule has 4 nitrogen and oxygen atoms in total. The quantitative estimate of drug-likeness (QED) is 0.744. The Morgan fingerprint density at radius 3 is 2.77 bits per heavy atom. The van der Waals surface area contributed by atoms with Gasteiger partial charge in [0, 0.05) is 13.2 Å². The summed E-state index contributed by atoms with van der Waals surface area (Å²) in [7, 11) is 1.59. The van der Waals surface area contributed by atoms with E-state index >= 15 is 0 Å². The minimum atomic E-state index is -0.272. The van der Waals surface area contributed by atoms with Gasteiger partial charge in [-0.2, -0.15) is 0 Å². The first kappa shape index (κ1) is 18.6. The molecule has 0 spiro atoms. The van der Waals surface area contributed by atoms with E-state index in [9.17, 15) is 4.39 Å².